The van der Waals surface area contributed by atoms with Crippen molar-refractivity contribution in [2.45, 2.75) is 12.8 Å². The van der Waals surface area contributed by atoms with Crippen LogP contribution in [0.3, 0.4) is 0 Å². The second kappa shape index (κ2) is 6.19. The van der Waals surface area contributed by atoms with Gasteiger partial charge in [-0.1, -0.05) is 0 Å². The number of aryl methyl sites for hydroxylation is 2. The molecule has 0 fully saturated rings. The smallest absolute Gasteiger partial charge is 0.332 e. The van der Waals surface area contributed by atoms with E-state index in [0.29, 0.717) is 36.4 Å². The topological polar surface area (TPSA) is 115 Å². The molecule has 9 heteroatoms. The number of fused-ring (bicyclic) bond motifs is 1. The van der Waals surface area contributed by atoms with Crippen LogP contribution in [0.25, 0.3) is 11.2 Å². The van der Waals surface area contributed by atoms with Gasteiger partial charge in [0.05, 0.1) is 6.26 Å². The first-order valence-corrected chi connectivity index (χ1v) is 7.45. The first-order valence-electron chi connectivity index (χ1n) is 7.45. The van der Waals surface area contributed by atoms with Crippen LogP contribution in [0.4, 0.5) is 0 Å². The predicted molar refractivity (Wildman–Crippen MR) is 85.9 cm³/mol. The summed E-state index contributed by atoms with van der Waals surface area (Å²) in [5, 5.41) is 2.73. The summed E-state index contributed by atoms with van der Waals surface area (Å²) in [4.78, 5) is 42.9. The van der Waals surface area contributed by atoms with Gasteiger partial charge in [0.15, 0.2) is 11.4 Å². The van der Waals surface area contributed by atoms with Gasteiger partial charge in [0.2, 0.25) is 0 Å². The van der Waals surface area contributed by atoms with Crippen molar-refractivity contribution in [3.63, 3.8) is 0 Å². The van der Waals surface area contributed by atoms with Crippen LogP contribution >= 0.6 is 0 Å². The summed E-state index contributed by atoms with van der Waals surface area (Å²) in [7, 11) is 2.99. The maximum absolute atomic E-state index is 12.1. The number of carbonyl (C=O) groups excluding carboxylic acids is 1. The van der Waals surface area contributed by atoms with Crippen LogP contribution in [-0.4, -0.2) is 31.6 Å². The highest BCUT2D eigenvalue weighted by molar-refractivity contribution is 5.91. The Hall–Kier alpha value is -3.10. The molecule has 0 aromatic carbocycles. The van der Waals surface area contributed by atoms with E-state index in [-0.39, 0.29) is 11.7 Å². The normalized spacial score (nSPS) is 11.1. The van der Waals surface area contributed by atoms with E-state index in [4.69, 9.17) is 4.42 Å². The molecule has 0 radical (unpaired) electrons. The van der Waals surface area contributed by atoms with Crippen LogP contribution in [0.15, 0.2) is 32.4 Å². The Labute approximate surface area is 135 Å². The number of imidazole rings is 1. The van der Waals surface area contributed by atoms with E-state index >= 15 is 0 Å². The third kappa shape index (κ3) is 2.75. The van der Waals surface area contributed by atoms with Gasteiger partial charge in [-0.3, -0.25) is 18.7 Å². The van der Waals surface area contributed by atoms with Crippen molar-refractivity contribution in [1.82, 2.24) is 24.4 Å². The number of nitrogens with one attached hydrogen (secondary N) is 2. The standard InChI is InChI=1S/C15H17N5O4/c1-19-12-11(14(22)20(2)15(19)23)17-10(18-12)6-3-7-16-13(21)9-5-4-8-24-9/h4-5,8H,3,6-7H2,1-2H3,(H,16,21)(H,17,18). The van der Waals surface area contributed by atoms with Crippen LogP contribution < -0.4 is 16.6 Å². The van der Waals surface area contributed by atoms with Gasteiger partial charge in [0.25, 0.3) is 11.5 Å². The lowest BCUT2D eigenvalue weighted by Gasteiger charge is -2.01. The van der Waals surface area contributed by atoms with E-state index in [0.717, 1.165) is 4.57 Å². The molecule has 126 valence electrons. The number of nitrogens with zero attached hydrogens (tertiary/aromatic N) is 3. The van der Waals surface area contributed by atoms with E-state index in [9.17, 15) is 14.4 Å². The molecule has 0 aliphatic heterocycles. The first-order chi connectivity index (χ1) is 11.5. The molecule has 0 saturated carbocycles. The van der Waals surface area contributed by atoms with Gasteiger partial charge in [0.1, 0.15) is 11.3 Å². The summed E-state index contributed by atoms with van der Waals surface area (Å²) in [5.41, 5.74) is -0.193. The molecule has 0 spiro atoms. The van der Waals surface area contributed by atoms with Gasteiger partial charge in [0, 0.05) is 27.1 Å². The van der Waals surface area contributed by atoms with Crippen molar-refractivity contribution in [2.75, 3.05) is 6.54 Å². The minimum absolute atomic E-state index is 0.261. The summed E-state index contributed by atoms with van der Waals surface area (Å²) in [6.07, 6.45) is 2.60. The van der Waals surface area contributed by atoms with Crippen molar-refractivity contribution >= 4 is 17.1 Å². The lowest BCUT2D eigenvalue weighted by atomic mass is 10.3. The Morgan fingerprint density at radius 1 is 1.33 bits per heavy atom. The van der Waals surface area contributed by atoms with Crippen molar-refractivity contribution in [3.05, 3.63) is 50.8 Å². The Kier molecular flexibility index (Phi) is 4.07. The largest absolute Gasteiger partial charge is 0.459 e. The summed E-state index contributed by atoms with van der Waals surface area (Å²) in [6.45, 7) is 0.438. The van der Waals surface area contributed by atoms with Crippen LogP contribution in [0, 0.1) is 0 Å². The molecule has 24 heavy (non-hydrogen) atoms. The van der Waals surface area contributed by atoms with E-state index in [1.54, 1.807) is 19.2 Å². The van der Waals surface area contributed by atoms with Crippen LogP contribution in [-0.2, 0) is 20.5 Å². The number of rotatable bonds is 5. The fourth-order valence-corrected chi connectivity index (χ4v) is 2.44. The molecule has 2 N–H and O–H groups in total. The molecule has 0 aliphatic carbocycles. The van der Waals surface area contributed by atoms with Gasteiger partial charge in [-0.05, 0) is 18.6 Å². The van der Waals surface area contributed by atoms with Crippen LogP contribution in [0.1, 0.15) is 22.8 Å². The number of hydrogen-bond donors (Lipinski definition) is 2. The van der Waals surface area contributed by atoms with E-state index < -0.39 is 11.2 Å². The fraction of sp³-hybridized carbons (Fsp3) is 0.333. The summed E-state index contributed by atoms with van der Waals surface area (Å²) in [6, 6.07) is 3.24. The van der Waals surface area contributed by atoms with E-state index in [1.165, 1.54) is 17.9 Å². The third-order valence-electron chi connectivity index (χ3n) is 3.76. The van der Waals surface area contributed by atoms with Crippen LogP contribution in [0.5, 0.6) is 0 Å². The molecule has 3 aromatic heterocycles. The lowest BCUT2D eigenvalue weighted by molar-refractivity contribution is 0.0925. The molecule has 0 atom stereocenters. The molecule has 0 aliphatic rings. The molecule has 3 aromatic rings. The number of hydrogen-bond acceptors (Lipinski definition) is 5. The Bertz CT molecular complexity index is 993. The Morgan fingerprint density at radius 3 is 2.83 bits per heavy atom. The number of amides is 1. The molecule has 9 nitrogen and oxygen atoms in total. The van der Waals surface area contributed by atoms with Crippen LogP contribution in [0.2, 0.25) is 0 Å². The van der Waals surface area contributed by atoms with Gasteiger partial charge in [-0.2, -0.15) is 0 Å². The zero-order valence-electron chi connectivity index (χ0n) is 13.3. The highest BCUT2D eigenvalue weighted by Crippen LogP contribution is 2.06. The fourth-order valence-electron chi connectivity index (χ4n) is 2.44. The monoisotopic (exact) mass is 331 g/mol. The van der Waals surface area contributed by atoms with Gasteiger partial charge in [-0.15, -0.1) is 0 Å². The van der Waals surface area contributed by atoms with Crippen molar-refractivity contribution in [3.8, 4) is 0 Å². The number of aromatic amines is 1. The minimum Gasteiger partial charge on any atom is -0.459 e. The maximum atomic E-state index is 12.1. The summed E-state index contributed by atoms with van der Waals surface area (Å²) < 4.78 is 7.36. The highest BCUT2D eigenvalue weighted by atomic mass is 16.3. The van der Waals surface area contributed by atoms with E-state index in [2.05, 4.69) is 15.3 Å². The second-order valence-electron chi connectivity index (χ2n) is 5.42. The maximum Gasteiger partial charge on any atom is 0.332 e. The Balaban J connectivity index is 1.67. The SMILES string of the molecule is Cn1c(=O)c2[nH]c(CCCNC(=O)c3ccco3)nc2n(C)c1=O. The molecular weight excluding hydrogens is 314 g/mol. The minimum atomic E-state index is -0.420. The van der Waals surface area contributed by atoms with Gasteiger partial charge >= 0.3 is 5.69 Å². The highest BCUT2D eigenvalue weighted by Gasteiger charge is 2.13. The predicted octanol–water partition coefficient (Wildman–Crippen LogP) is -0.0841. The zero-order valence-corrected chi connectivity index (χ0v) is 13.3. The molecule has 0 bridgehead atoms. The average Bonchev–Trinajstić information content (AvgIpc) is 3.24. The van der Waals surface area contributed by atoms with Gasteiger partial charge < -0.3 is 14.7 Å². The summed E-state index contributed by atoms with van der Waals surface area (Å²) >= 11 is 0. The average molecular weight is 331 g/mol. The lowest BCUT2D eigenvalue weighted by Crippen LogP contribution is -2.36. The number of carbonyl (C=O) groups is 1. The summed E-state index contributed by atoms with van der Waals surface area (Å²) in [5.74, 6) is 0.577. The molecule has 0 saturated heterocycles. The van der Waals surface area contributed by atoms with Crippen molar-refractivity contribution in [1.29, 1.82) is 0 Å². The number of furan rings is 1. The first kappa shape index (κ1) is 15.8. The third-order valence-corrected chi connectivity index (χ3v) is 3.76. The Morgan fingerprint density at radius 2 is 2.12 bits per heavy atom. The van der Waals surface area contributed by atoms with E-state index in [1.807, 2.05) is 0 Å². The van der Waals surface area contributed by atoms with Gasteiger partial charge in [-0.25, -0.2) is 9.78 Å². The molecule has 0 unspecified atom stereocenters. The quantitative estimate of drug-likeness (QED) is 0.634. The number of H-pyrrole nitrogens is 1. The molecular formula is C15H17N5O4. The number of aromatic nitrogens is 4. The molecule has 3 rings (SSSR count). The zero-order chi connectivity index (χ0) is 17.3. The van der Waals surface area contributed by atoms with Crippen molar-refractivity contribution < 1.29 is 9.21 Å². The molecule has 3 heterocycles. The molecule has 1 amide bonds. The van der Waals surface area contributed by atoms with Crippen molar-refractivity contribution in [2.24, 2.45) is 14.1 Å². The second-order valence-corrected chi connectivity index (χ2v) is 5.42.